The molecule has 0 heterocycles. The Kier molecular flexibility index (Phi) is 4.30. The van der Waals surface area contributed by atoms with Gasteiger partial charge in [-0.3, -0.25) is 4.79 Å². The summed E-state index contributed by atoms with van der Waals surface area (Å²) in [5.41, 5.74) is 0.496. The Morgan fingerprint density at radius 3 is 2.31 bits per heavy atom. The summed E-state index contributed by atoms with van der Waals surface area (Å²) in [6.07, 6.45) is 0. The highest BCUT2D eigenvalue weighted by Gasteiger charge is 2.21. The van der Waals surface area contributed by atoms with E-state index in [0.29, 0.717) is 5.69 Å². The average Bonchev–Trinajstić information content (AvgIpc) is 2.20. The van der Waals surface area contributed by atoms with Crippen LogP contribution in [-0.2, 0) is 9.59 Å². The van der Waals surface area contributed by atoms with Crippen molar-refractivity contribution in [3.05, 3.63) is 28.7 Å². The van der Waals surface area contributed by atoms with Gasteiger partial charge in [-0.25, -0.2) is 4.79 Å². The van der Waals surface area contributed by atoms with Crippen molar-refractivity contribution in [1.82, 2.24) is 0 Å². The Balaban J connectivity index is 2.82. The number of Topliss-reactive ketones (excluding diaryl/α,β-unsaturated/α-hetero) is 1. The number of carboxylic acid groups (broad SMARTS) is 1. The van der Waals surface area contributed by atoms with E-state index < -0.39 is 17.8 Å². The van der Waals surface area contributed by atoms with E-state index >= 15 is 0 Å². The second-order valence-corrected chi connectivity index (χ2v) is 3.96. The van der Waals surface area contributed by atoms with Crippen LogP contribution in [0, 0.1) is 0 Å². The van der Waals surface area contributed by atoms with Crippen LogP contribution < -0.4 is 0 Å². The summed E-state index contributed by atoms with van der Waals surface area (Å²) in [6.45, 7) is 1.17. The van der Waals surface area contributed by atoms with Crippen LogP contribution in [0.3, 0.4) is 0 Å². The summed E-state index contributed by atoms with van der Waals surface area (Å²) in [4.78, 5) is 21.6. The van der Waals surface area contributed by atoms with Gasteiger partial charge in [0.2, 0.25) is 6.04 Å². The fourth-order valence-corrected chi connectivity index (χ4v) is 1.20. The van der Waals surface area contributed by atoms with E-state index in [1.54, 1.807) is 24.3 Å². The second-order valence-electron chi connectivity index (χ2n) is 3.04. The van der Waals surface area contributed by atoms with E-state index in [9.17, 15) is 9.59 Å². The van der Waals surface area contributed by atoms with Gasteiger partial charge in [-0.2, -0.15) is 10.2 Å². The molecular weight excluding hydrogens is 276 g/mol. The number of azo groups is 1. The number of hydrogen-bond donors (Lipinski definition) is 1. The molecular formula is C10H9BrN2O3. The maximum atomic E-state index is 10.9. The zero-order valence-corrected chi connectivity index (χ0v) is 10.0. The van der Waals surface area contributed by atoms with Gasteiger partial charge in [0.25, 0.3) is 0 Å². The summed E-state index contributed by atoms with van der Waals surface area (Å²) in [5.74, 6) is -1.85. The van der Waals surface area contributed by atoms with Gasteiger partial charge in [0.1, 0.15) is 0 Å². The number of carbonyl (C=O) groups excluding carboxylic acids is 1. The van der Waals surface area contributed by atoms with Crippen molar-refractivity contribution in [3.63, 3.8) is 0 Å². The predicted molar refractivity (Wildman–Crippen MR) is 60.8 cm³/mol. The Labute approximate surface area is 100 Å². The Hall–Kier alpha value is -1.56. The van der Waals surface area contributed by atoms with Crippen LogP contribution >= 0.6 is 15.9 Å². The smallest absolute Gasteiger partial charge is 0.338 e. The molecule has 0 aliphatic carbocycles. The monoisotopic (exact) mass is 284 g/mol. The van der Waals surface area contributed by atoms with Gasteiger partial charge in [-0.05, 0) is 31.2 Å². The van der Waals surface area contributed by atoms with E-state index in [2.05, 4.69) is 26.2 Å². The molecule has 0 aliphatic rings. The summed E-state index contributed by atoms with van der Waals surface area (Å²) in [5, 5.41) is 15.9. The van der Waals surface area contributed by atoms with Gasteiger partial charge in [-0.15, -0.1) is 0 Å². The van der Waals surface area contributed by atoms with E-state index in [1.807, 2.05) is 0 Å². The van der Waals surface area contributed by atoms with Crippen molar-refractivity contribution in [2.45, 2.75) is 13.0 Å². The molecule has 5 nitrogen and oxygen atoms in total. The van der Waals surface area contributed by atoms with Crippen molar-refractivity contribution in [2.75, 3.05) is 0 Å². The molecule has 1 aromatic carbocycles. The summed E-state index contributed by atoms with van der Waals surface area (Å²) in [7, 11) is 0. The van der Waals surface area contributed by atoms with Crippen LogP contribution in [-0.4, -0.2) is 22.9 Å². The number of halogens is 1. The topological polar surface area (TPSA) is 79.1 Å². The number of ketones is 1. The van der Waals surface area contributed by atoms with Crippen LogP contribution in [0.4, 0.5) is 5.69 Å². The summed E-state index contributed by atoms with van der Waals surface area (Å²) >= 11 is 3.25. The summed E-state index contributed by atoms with van der Waals surface area (Å²) in [6, 6.07) is 5.39. The van der Waals surface area contributed by atoms with Crippen LogP contribution in [0.5, 0.6) is 0 Å². The zero-order valence-electron chi connectivity index (χ0n) is 8.42. The molecule has 1 N–H and O–H groups in total. The lowest BCUT2D eigenvalue weighted by atomic mass is 10.2. The first-order valence-corrected chi connectivity index (χ1v) is 5.19. The fourth-order valence-electron chi connectivity index (χ4n) is 0.937. The number of carbonyl (C=O) groups is 2. The third kappa shape index (κ3) is 3.54. The minimum atomic E-state index is -1.43. The van der Waals surface area contributed by atoms with Gasteiger partial charge in [0.15, 0.2) is 5.78 Å². The number of hydrogen-bond acceptors (Lipinski definition) is 4. The minimum Gasteiger partial charge on any atom is -0.479 e. The molecule has 0 amide bonds. The van der Waals surface area contributed by atoms with Gasteiger partial charge in [0, 0.05) is 4.47 Å². The van der Waals surface area contributed by atoms with Gasteiger partial charge in [-0.1, -0.05) is 15.9 Å². The third-order valence-corrected chi connectivity index (χ3v) is 2.26. The van der Waals surface area contributed by atoms with Gasteiger partial charge < -0.3 is 5.11 Å². The lowest BCUT2D eigenvalue weighted by Gasteiger charge is -2.00. The molecule has 1 unspecified atom stereocenters. The molecule has 6 heteroatoms. The normalized spacial score (nSPS) is 12.6. The molecule has 84 valence electrons. The lowest BCUT2D eigenvalue weighted by molar-refractivity contribution is -0.141. The van der Waals surface area contributed by atoms with E-state index in [0.717, 1.165) is 4.47 Å². The number of aliphatic carboxylic acids is 1. The zero-order chi connectivity index (χ0) is 12.1. The van der Waals surface area contributed by atoms with E-state index in [4.69, 9.17) is 5.11 Å². The predicted octanol–water partition coefficient (Wildman–Crippen LogP) is 2.58. The molecule has 0 bridgehead atoms. The Morgan fingerprint density at radius 1 is 1.31 bits per heavy atom. The number of carboxylic acids is 1. The van der Waals surface area contributed by atoms with Gasteiger partial charge >= 0.3 is 5.97 Å². The highest BCUT2D eigenvalue weighted by atomic mass is 79.9. The second kappa shape index (κ2) is 5.50. The Bertz CT molecular complexity index is 414. The van der Waals surface area contributed by atoms with Crippen molar-refractivity contribution >= 4 is 33.4 Å². The van der Waals surface area contributed by atoms with Crippen molar-refractivity contribution < 1.29 is 14.7 Å². The van der Waals surface area contributed by atoms with Gasteiger partial charge in [0.05, 0.1) is 5.69 Å². The molecule has 0 spiro atoms. The first kappa shape index (κ1) is 12.5. The lowest BCUT2D eigenvalue weighted by Crippen LogP contribution is -2.25. The van der Waals surface area contributed by atoms with Crippen LogP contribution in [0.25, 0.3) is 0 Å². The quantitative estimate of drug-likeness (QED) is 0.682. The molecule has 1 atom stereocenters. The molecule has 1 rings (SSSR count). The maximum absolute atomic E-state index is 10.9. The summed E-state index contributed by atoms with van der Waals surface area (Å²) < 4.78 is 0.882. The molecule has 0 aliphatic heterocycles. The number of nitrogens with zero attached hydrogens (tertiary/aromatic N) is 2. The molecule has 0 saturated carbocycles. The number of benzene rings is 1. The largest absolute Gasteiger partial charge is 0.479 e. The molecule has 0 aromatic heterocycles. The fraction of sp³-hybridized carbons (Fsp3) is 0.200. The van der Waals surface area contributed by atoms with Crippen LogP contribution in [0.2, 0.25) is 0 Å². The molecule has 0 fully saturated rings. The van der Waals surface area contributed by atoms with Crippen molar-refractivity contribution in [3.8, 4) is 0 Å². The Morgan fingerprint density at radius 2 is 1.88 bits per heavy atom. The first-order chi connectivity index (χ1) is 7.50. The SMILES string of the molecule is CC(=O)C(N=Nc1ccc(Br)cc1)C(=O)O. The van der Waals surface area contributed by atoms with Crippen LogP contribution in [0.1, 0.15) is 6.92 Å². The third-order valence-electron chi connectivity index (χ3n) is 1.73. The standard InChI is InChI=1S/C10H9BrN2O3/c1-6(14)9(10(15)16)13-12-8-4-2-7(11)3-5-8/h2-5,9H,1H3,(H,15,16). The average molecular weight is 285 g/mol. The van der Waals surface area contributed by atoms with E-state index in [-0.39, 0.29) is 0 Å². The highest BCUT2D eigenvalue weighted by Crippen LogP contribution is 2.17. The first-order valence-electron chi connectivity index (χ1n) is 4.40. The molecule has 0 saturated heterocycles. The maximum Gasteiger partial charge on any atom is 0.338 e. The minimum absolute atomic E-state index is 0.496. The van der Waals surface area contributed by atoms with Crippen molar-refractivity contribution in [1.29, 1.82) is 0 Å². The molecule has 1 aromatic rings. The molecule has 0 radical (unpaired) electrons. The number of rotatable bonds is 4. The molecule has 16 heavy (non-hydrogen) atoms. The van der Waals surface area contributed by atoms with E-state index in [1.165, 1.54) is 6.92 Å². The van der Waals surface area contributed by atoms with Crippen LogP contribution in [0.15, 0.2) is 39.0 Å². The van der Waals surface area contributed by atoms with Crippen molar-refractivity contribution in [2.24, 2.45) is 10.2 Å². The highest BCUT2D eigenvalue weighted by molar-refractivity contribution is 9.10.